The highest BCUT2D eigenvalue weighted by Gasteiger charge is 2.35. The predicted molar refractivity (Wildman–Crippen MR) is 168 cm³/mol. The second-order valence-corrected chi connectivity index (χ2v) is 13.3. The standard InChI is InChI=1S/C34H43N3O4S/c1-6-31(34(39)35-29-11-7-8-12-29)36(22-28-18-14-24(2)15-19-28)33(38)23-37(32-13-9-10-26(4)27(32)5)42(40,41)30-20-16-25(3)17-21-30/h9-10,13-21,29,31H,6-8,11-12,22-23H2,1-5H3,(H,35,39)/t31-/m1/s1. The number of hydrogen-bond acceptors (Lipinski definition) is 4. The number of nitrogens with zero attached hydrogens (tertiary/aromatic N) is 2. The molecule has 3 aromatic rings. The Balaban J connectivity index is 1.74. The van der Waals surface area contributed by atoms with E-state index >= 15 is 0 Å². The van der Waals surface area contributed by atoms with Gasteiger partial charge in [0.25, 0.3) is 10.0 Å². The Morgan fingerprint density at radius 2 is 1.48 bits per heavy atom. The molecule has 1 aliphatic carbocycles. The summed E-state index contributed by atoms with van der Waals surface area (Å²) in [6.07, 6.45) is 4.43. The zero-order valence-electron chi connectivity index (χ0n) is 25.4. The fraction of sp³-hybridized carbons (Fsp3) is 0.412. The molecular formula is C34H43N3O4S. The van der Waals surface area contributed by atoms with Crippen LogP contribution >= 0.6 is 0 Å². The van der Waals surface area contributed by atoms with Crippen molar-refractivity contribution in [3.05, 3.63) is 94.5 Å². The summed E-state index contributed by atoms with van der Waals surface area (Å²) in [6.45, 7) is 9.32. The lowest BCUT2D eigenvalue weighted by atomic mass is 10.1. The van der Waals surface area contributed by atoms with Crippen LogP contribution in [-0.4, -0.2) is 43.8 Å². The Morgan fingerprint density at radius 1 is 0.881 bits per heavy atom. The van der Waals surface area contributed by atoms with E-state index in [0.717, 1.165) is 53.5 Å². The number of carbonyl (C=O) groups excluding carboxylic acids is 2. The fourth-order valence-electron chi connectivity index (χ4n) is 5.53. The van der Waals surface area contributed by atoms with Gasteiger partial charge in [0.05, 0.1) is 10.6 Å². The number of sulfonamides is 1. The number of aryl methyl sites for hydroxylation is 3. The van der Waals surface area contributed by atoms with E-state index in [4.69, 9.17) is 0 Å². The summed E-state index contributed by atoms with van der Waals surface area (Å²) in [7, 11) is -4.10. The van der Waals surface area contributed by atoms with Crippen LogP contribution in [0.3, 0.4) is 0 Å². The first kappa shape index (κ1) is 31.3. The van der Waals surface area contributed by atoms with Gasteiger partial charge in [-0.05, 0) is 81.8 Å². The Bertz CT molecular complexity index is 1490. The number of benzene rings is 3. The highest BCUT2D eigenvalue weighted by Crippen LogP contribution is 2.29. The average molecular weight is 590 g/mol. The van der Waals surface area contributed by atoms with Gasteiger partial charge < -0.3 is 10.2 Å². The van der Waals surface area contributed by atoms with Gasteiger partial charge in [-0.3, -0.25) is 13.9 Å². The third-order valence-electron chi connectivity index (χ3n) is 8.29. The Morgan fingerprint density at radius 3 is 2.07 bits per heavy atom. The van der Waals surface area contributed by atoms with E-state index < -0.39 is 28.5 Å². The third kappa shape index (κ3) is 7.21. The van der Waals surface area contributed by atoms with Crippen LogP contribution in [0.15, 0.2) is 71.6 Å². The van der Waals surface area contributed by atoms with Crippen molar-refractivity contribution in [2.24, 2.45) is 0 Å². The van der Waals surface area contributed by atoms with Crippen molar-refractivity contribution in [1.29, 1.82) is 0 Å². The minimum absolute atomic E-state index is 0.108. The summed E-state index contributed by atoms with van der Waals surface area (Å²) in [5, 5.41) is 3.16. The van der Waals surface area contributed by atoms with Crippen LogP contribution in [0.2, 0.25) is 0 Å². The fourth-order valence-corrected chi connectivity index (χ4v) is 7.01. The lowest BCUT2D eigenvalue weighted by Crippen LogP contribution is -2.53. The summed E-state index contributed by atoms with van der Waals surface area (Å²) >= 11 is 0. The normalized spacial score (nSPS) is 14.4. The Hall–Kier alpha value is -3.65. The van der Waals surface area contributed by atoms with Crippen molar-refractivity contribution in [2.45, 2.75) is 90.2 Å². The Kier molecular flexibility index (Phi) is 10.1. The average Bonchev–Trinajstić information content (AvgIpc) is 3.47. The van der Waals surface area contributed by atoms with Crippen LogP contribution in [0.5, 0.6) is 0 Å². The molecule has 0 bridgehead atoms. The van der Waals surface area contributed by atoms with Gasteiger partial charge in [-0.1, -0.05) is 79.4 Å². The summed E-state index contributed by atoms with van der Waals surface area (Å²) < 4.78 is 29.5. The molecular weight excluding hydrogens is 546 g/mol. The maximum absolute atomic E-state index is 14.3. The smallest absolute Gasteiger partial charge is 0.264 e. The molecule has 0 spiro atoms. The van der Waals surface area contributed by atoms with E-state index in [2.05, 4.69) is 5.32 Å². The highest BCUT2D eigenvalue weighted by atomic mass is 32.2. The van der Waals surface area contributed by atoms with Crippen molar-refractivity contribution < 1.29 is 18.0 Å². The minimum atomic E-state index is -4.10. The van der Waals surface area contributed by atoms with Crippen LogP contribution in [0.4, 0.5) is 5.69 Å². The summed E-state index contributed by atoms with van der Waals surface area (Å²) in [5.74, 6) is -0.620. The molecule has 2 amide bonds. The van der Waals surface area contributed by atoms with E-state index in [-0.39, 0.29) is 23.4 Å². The number of rotatable bonds is 11. The molecule has 1 saturated carbocycles. The SMILES string of the molecule is CC[C@H](C(=O)NC1CCCC1)N(Cc1ccc(C)cc1)C(=O)CN(c1cccc(C)c1C)S(=O)(=O)c1ccc(C)cc1. The maximum Gasteiger partial charge on any atom is 0.264 e. The first-order valence-corrected chi connectivity index (χ1v) is 16.3. The van der Waals surface area contributed by atoms with Crippen molar-refractivity contribution in [3.8, 4) is 0 Å². The molecule has 42 heavy (non-hydrogen) atoms. The quantitative estimate of drug-likeness (QED) is 0.298. The van der Waals surface area contributed by atoms with Crippen molar-refractivity contribution in [3.63, 3.8) is 0 Å². The molecule has 0 saturated heterocycles. The van der Waals surface area contributed by atoms with Crippen molar-refractivity contribution in [1.82, 2.24) is 10.2 Å². The van der Waals surface area contributed by atoms with E-state index in [0.29, 0.717) is 12.1 Å². The molecule has 4 rings (SSSR count). The first-order valence-electron chi connectivity index (χ1n) is 14.8. The van der Waals surface area contributed by atoms with Gasteiger partial charge in [0.15, 0.2) is 0 Å². The van der Waals surface area contributed by atoms with Crippen LogP contribution in [0.25, 0.3) is 0 Å². The largest absolute Gasteiger partial charge is 0.352 e. The van der Waals surface area contributed by atoms with Crippen molar-refractivity contribution in [2.75, 3.05) is 10.8 Å². The van der Waals surface area contributed by atoms with E-state index in [1.807, 2.05) is 65.0 Å². The second-order valence-electron chi connectivity index (χ2n) is 11.5. The molecule has 0 aromatic heterocycles. The van der Waals surface area contributed by atoms with Gasteiger partial charge in [-0.25, -0.2) is 8.42 Å². The molecule has 8 heteroatoms. The lowest BCUT2D eigenvalue weighted by molar-refractivity contribution is -0.140. The molecule has 1 N–H and O–H groups in total. The zero-order chi connectivity index (χ0) is 30.4. The molecule has 3 aromatic carbocycles. The van der Waals surface area contributed by atoms with E-state index in [1.165, 1.54) is 4.31 Å². The molecule has 1 atom stereocenters. The molecule has 1 fully saturated rings. The maximum atomic E-state index is 14.3. The van der Waals surface area contributed by atoms with Crippen LogP contribution in [0.1, 0.15) is 66.8 Å². The molecule has 0 radical (unpaired) electrons. The van der Waals surface area contributed by atoms with E-state index in [1.54, 1.807) is 41.3 Å². The van der Waals surface area contributed by atoms with Gasteiger partial charge in [0.2, 0.25) is 11.8 Å². The number of amides is 2. The molecule has 7 nitrogen and oxygen atoms in total. The molecule has 0 aliphatic heterocycles. The van der Waals surface area contributed by atoms with Gasteiger partial charge in [-0.2, -0.15) is 0 Å². The molecule has 224 valence electrons. The number of nitrogens with one attached hydrogen (secondary N) is 1. The monoisotopic (exact) mass is 589 g/mol. The van der Waals surface area contributed by atoms with Crippen LogP contribution in [0, 0.1) is 27.7 Å². The van der Waals surface area contributed by atoms with Crippen LogP contribution in [-0.2, 0) is 26.2 Å². The molecule has 1 aliphatic rings. The zero-order valence-corrected chi connectivity index (χ0v) is 26.2. The predicted octanol–water partition coefficient (Wildman–Crippen LogP) is 5.98. The van der Waals surface area contributed by atoms with Gasteiger partial charge >= 0.3 is 0 Å². The molecule has 0 unspecified atom stereocenters. The van der Waals surface area contributed by atoms with E-state index in [9.17, 15) is 18.0 Å². The Labute approximate surface area is 251 Å². The van der Waals surface area contributed by atoms with Crippen molar-refractivity contribution >= 4 is 27.5 Å². The van der Waals surface area contributed by atoms with Gasteiger partial charge in [0, 0.05) is 12.6 Å². The van der Waals surface area contributed by atoms with Gasteiger partial charge in [0.1, 0.15) is 12.6 Å². The number of anilines is 1. The summed E-state index contributed by atoms with van der Waals surface area (Å²) in [4.78, 5) is 29.6. The summed E-state index contributed by atoms with van der Waals surface area (Å²) in [6, 6.07) is 19.3. The topological polar surface area (TPSA) is 86.8 Å². The van der Waals surface area contributed by atoms with Crippen LogP contribution < -0.4 is 9.62 Å². The number of hydrogen-bond donors (Lipinski definition) is 1. The molecule has 0 heterocycles. The summed E-state index contributed by atoms with van der Waals surface area (Å²) in [5.41, 5.74) is 5.04. The minimum Gasteiger partial charge on any atom is -0.352 e. The first-order chi connectivity index (χ1) is 20.0. The number of carbonyl (C=O) groups is 2. The third-order valence-corrected chi connectivity index (χ3v) is 10.1. The van der Waals surface area contributed by atoms with Gasteiger partial charge in [-0.15, -0.1) is 0 Å². The second kappa shape index (κ2) is 13.6. The highest BCUT2D eigenvalue weighted by molar-refractivity contribution is 7.92. The lowest BCUT2D eigenvalue weighted by Gasteiger charge is -2.34.